The highest BCUT2D eigenvalue weighted by atomic mass is 79.9. The molecule has 0 saturated carbocycles. The van der Waals surface area contributed by atoms with Crippen molar-refractivity contribution in [2.75, 3.05) is 13.1 Å². The third kappa shape index (κ3) is 6.75. The molecule has 0 aromatic heterocycles. The summed E-state index contributed by atoms with van der Waals surface area (Å²) < 4.78 is 0. The number of phenols is 1. The average Bonchev–Trinajstić information content (AvgIpc) is 3.02. The predicted molar refractivity (Wildman–Crippen MR) is 151 cm³/mol. The van der Waals surface area contributed by atoms with Crippen molar-refractivity contribution in [1.82, 2.24) is 4.90 Å². The molecule has 0 spiro atoms. The van der Waals surface area contributed by atoms with E-state index in [1.807, 2.05) is 23.1 Å². The highest BCUT2D eigenvalue weighted by Gasteiger charge is 2.38. The van der Waals surface area contributed by atoms with Gasteiger partial charge in [-0.3, -0.25) is 10.2 Å². The zero-order valence-corrected chi connectivity index (χ0v) is 24.2. The van der Waals surface area contributed by atoms with Crippen molar-refractivity contribution in [3.05, 3.63) is 64.7 Å². The summed E-state index contributed by atoms with van der Waals surface area (Å²) in [6, 6.07) is 14.2. The van der Waals surface area contributed by atoms with Crippen molar-refractivity contribution >= 4 is 28.6 Å². The van der Waals surface area contributed by atoms with E-state index in [0.29, 0.717) is 17.3 Å². The topological polar surface area (TPSA) is 64.4 Å². The Kier molecular flexibility index (Phi) is 9.38. The van der Waals surface area contributed by atoms with Crippen molar-refractivity contribution in [1.29, 1.82) is 5.41 Å². The number of carbonyl (C=O) groups excluding carboxylic acids is 1. The molecule has 0 radical (unpaired) electrons. The minimum Gasteiger partial charge on any atom is -0.507 e. The predicted octanol–water partition coefficient (Wildman–Crippen LogP) is 7.32. The van der Waals surface area contributed by atoms with Gasteiger partial charge in [-0.15, -0.1) is 17.0 Å². The second-order valence-corrected chi connectivity index (χ2v) is 12.0. The Balaban J connectivity index is 0.00000432. The van der Waals surface area contributed by atoms with Gasteiger partial charge in [0.05, 0.1) is 12.4 Å². The zero-order valence-electron chi connectivity index (χ0n) is 22.4. The summed E-state index contributed by atoms with van der Waals surface area (Å²) in [7, 11) is 0. The van der Waals surface area contributed by atoms with Gasteiger partial charge in [0.15, 0.2) is 5.78 Å². The van der Waals surface area contributed by atoms with Crippen molar-refractivity contribution in [3.8, 4) is 5.75 Å². The van der Waals surface area contributed by atoms with Crippen molar-refractivity contribution < 1.29 is 9.90 Å². The van der Waals surface area contributed by atoms with Crippen LogP contribution in [0.1, 0.15) is 88.4 Å². The number of amidine groups is 1. The van der Waals surface area contributed by atoms with Crippen LogP contribution in [-0.2, 0) is 17.3 Å². The number of Topliss-reactive ketones (excluding diaryl/α,β-unsaturated/α-hetero) is 1. The van der Waals surface area contributed by atoms with Crippen LogP contribution >= 0.6 is 17.0 Å². The van der Waals surface area contributed by atoms with Gasteiger partial charge in [0, 0.05) is 29.2 Å². The molecule has 5 heteroatoms. The molecule has 2 aromatic rings. The molecule has 2 atom stereocenters. The number of phenolic OH excluding ortho intramolecular Hbond substituents is 1. The van der Waals surface area contributed by atoms with E-state index in [-0.39, 0.29) is 51.8 Å². The van der Waals surface area contributed by atoms with Crippen LogP contribution in [0.25, 0.3) is 0 Å². The van der Waals surface area contributed by atoms with E-state index < -0.39 is 0 Å². The summed E-state index contributed by atoms with van der Waals surface area (Å²) in [5.74, 6) is 1.43. The standard InChI is InChI=1S/C30H42N2O2.BrH/c1-8-12-23-22(15-20-13-10-9-11-14-20)18-32(28(23)31)19-26(33)21-16-24(29(2,3)4)27(34)25(17-21)30(5,6)7;/h9-11,13-14,16-17,22-23,31,34H,8,12,15,18-19H2,1-7H3;1H/t22-,23+;/m0./s1. The first-order valence-corrected chi connectivity index (χ1v) is 12.6. The Morgan fingerprint density at radius 2 is 1.57 bits per heavy atom. The molecule has 192 valence electrons. The normalized spacial score (nSPS) is 18.5. The van der Waals surface area contributed by atoms with Crippen LogP contribution in [0.5, 0.6) is 5.75 Å². The quantitative estimate of drug-likeness (QED) is 0.360. The van der Waals surface area contributed by atoms with Gasteiger partial charge < -0.3 is 10.0 Å². The van der Waals surface area contributed by atoms with E-state index in [4.69, 9.17) is 5.41 Å². The molecule has 2 aromatic carbocycles. The Labute approximate surface area is 222 Å². The molecule has 2 N–H and O–H groups in total. The van der Waals surface area contributed by atoms with Crippen LogP contribution in [0.2, 0.25) is 0 Å². The van der Waals surface area contributed by atoms with Gasteiger partial charge in [-0.1, -0.05) is 85.2 Å². The number of hydrogen-bond donors (Lipinski definition) is 2. The SMILES string of the molecule is Br.CCC[C@H]1C(=N)N(CC(=O)c2cc(C(C)(C)C)c(O)c(C(C)(C)C)c2)C[C@@H]1Cc1ccccc1. The lowest BCUT2D eigenvalue weighted by molar-refractivity contribution is 0.0963. The van der Waals surface area contributed by atoms with Gasteiger partial charge in [-0.05, 0) is 47.3 Å². The Bertz CT molecular complexity index is 1000. The second-order valence-electron chi connectivity index (χ2n) is 12.0. The lowest BCUT2D eigenvalue weighted by atomic mass is 9.78. The summed E-state index contributed by atoms with van der Waals surface area (Å²) >= 11 is 0. The maximum Gasteiger partial charge on any atom is 0.182 e. The maximum atomic E-state index is 13.5. The molecule has 0 bridgehead atoms. The smallest absolute Gasteiger partial charge is 0.182 e. The fraction of sp³-hybridized carbons (Fsp3) is 0.533. The number of carbonyl (C=O) groups is 1. The van der Waals surface area contributed by atoms with Gasteiger partial charge in [-0.25, -0.2) is 0 Å². The molecule has 1 fully saturated rings. The number of nitrogens with one attached hydrogen (secondary N) is 1. The molecular formula is C30H43BrN2O2. The van der Waals surface area contributed by atoms with Crippen LogP contribution in [0.3, 0.4) is 0 Å². The fourth-order valence-corrected chi connectivity index (χ4v) is 5.13. The van der Waals surface area contributed by atoms with Crippen LogP contribution in [-0.4, -0.2) is 34.7 Å². The lowest BCUT2D eigenvalue weighted by Crippen LogP contribution is -2.32. The minimum atomic E-state index is -0.284. The van der Waals surface area contributed by atoms with Crippen molar-refractivity contribution in [2.24, 2.45) is 11.8 Å². The van der Waals surface area contributed by atoms with Crippen LogP contribution in [0.4, 0.5) is 0 Å². The third-order valence-electron chi connectivity index (χ3n) is 7.04. The Morgan fingerprint density at radius 1 is 1.03 bits per heavy atom. The van der Waals surface area contributed by atoms with Crippen molar-refractivity contribution in [2.45, 2.75) is 78.6 Å². The molecule has 1 saturated heterocycles. The lowest BCUT2D eigenvalue weighted by Gasteiger charge is -2.28. The summed E-state index contributed by atoms with van der Waals surface area (Å²) in [6.45, 7) is 15.5. The zero-order chi connectivity index (χ0) is 25.3. The minimum absolute atomic E-state index is 0. The first-order chi connectivity index (χ1) is 15.8. The monoisotopic (exact) mass is 542 g/mol. The Morgan fingerprint density at radius 3 is 2.06 bits per heavy atom. The largest absolute Gasteiger partial charge is 0.507 e. The van der Waals surface area contributed by atoms with Gasteiger partial charge in [-0.2, -0.15) is 0 Å². The van der Waals surface area contributed by atoms with Crippen LogP contribution < -0.4 is 0 Å². The van der Waals surface area contributed by atoms with E-state index in [1.165, 1.54) is 5.56 Å². The van der Waals surface area contributed by atoms with E-state index in [9.17, 15) is 9.90 Å². The molecule has 0 amide bonds. The summed E-state index contributed by atoms with van der Waals surface area (Å²) in [5, 5.41) is 19.9. The van der Waals surface area contributed by atoms with E-state index in [2.05, 4.69) is 72.7 Å². The first kappa shape index (κ1) is 29.1. The third-order valence-corrected chi connectivity index (χ3v) is 7.04. The van der Waals surface area contributed by atoms with E-state index in [0.717, 1.165) is 36.9 Å². The molecular weight excluding hydrogens is 500 g/mol. The number of hydrogen-bond acceptors (Lipinski definition) is 3. The van der Waals surface area contributed by atoms with Gasteiger partial charge in [0.1, 0.15) is 5.75 Å². The number of aromatic hydroxyl groups is 1. The number of benzene rings is 2. The highest BCUT2D eigenvalue weighted by Crippen LogP contribution is 2.40. The summed E-state index contributed by atoms with van der Waals surface area (Å²) in [6.07, 6.45) is 2.94. The Hall–Kier alpha value is -2.14. The number of rotatable bonds is 7. The molecule has 1 aliphatic heterocycles. The molecule has 35 heavy (non-hydrogen) atoms. The maximum absolute atomic E-state index is 13.5. The van der Waals surface area contributed by atoms with E-state index in [1.54, 1.807) is 0 Å². The molecule has 0 unspecified atom stereocenters. The molecule has 0 aliphatic carbocycles. The number of nitrogens with zero attached hydrogens (tertiary/aromatic N) is 1. The molecule has 3 rings (SSSR count). The average molecular weight is 544 g/mol. The summed E-state index contributed by atoms with van der Waals surface area (Å²) in [5.41, 5.74) is 2.94. The molecule has 1 heterocycles. The van der Waals surface area contributed by atoms with Gasteiger partial charge in [0.2, 0.25) is 0 Å². The first-order valence-electron chi connectivity index (χ1n) is 12.6. The van der Waals surface area contributed by atoms with Gasteiger partial charge >= 0.3 is 0 Å². The van der Waals surface area contributed by atoms with Crippen LogP contribution in [0, 0.1) is 17.2 Å². The molecule has 1 aliphatic rings. The second kappa shape index (κ2) is 11.3. The highest BCUT2D eigenvalue weighted by molar-refractivity contribution is 8.93. The number of likely N-dealkylation sites (tertiary alicyclic amines) is 1. The van der Waals surface area contributed by atoms with E-state index >= 15 is 0 Å². The number of ketones is 1. The van der Waals surface area contributed by atoms with Gasteiger partial charge in [0.25, 0.3) is 0 Å². The molecule has 4 nitrogen and oxygen atoms in total. The van der Waals surface area contributed by atoms with Crippen LogP contribution in [0.15, 0.2) is 42.5 Å². The summed E-state index contributed by atoms with van der Waals surface area (Å²) in [4.78, 5) is 15.5. The van der Waals surface area contributed by atoms with Crippen molar-refractivity contribution in [3.63, 3.8) is 0 Å². The number of halogens is 1. The fourth-order valence-electron chi connectivity index (χ4n) is 5.13.